The summed E-state index contributed by atoms with van der Waals surface area (Å²) in [5.41, 5.74) is 0.732. The number of rotatable bonds is 7. The van der Waals surface area contributed by atoms with Gasteiger partial charge in [-0.2, -0.15) is 5.10 Å². The molecule has 164 valence electrons. The lowest BCUT2D eigenvalue weighted by molar-refractivity contribution is 0.383. The van der Waals surface area contributed by atoms with Gasteiger partial charge in [-0.05, 0) is 6.92 Å². The van der Waals surface area contributed by atoms with Crippen LogP contribution in [0.3, 0.4) is 0 Å². The normalized spacial score (nSPS) is 12.0. The van der Waals surface area contributed by atoms with E-state index in [0.717, 1.165) is 29.2 Å². The maximum atomic E-state index is 5.79. The second-order valence-corrected chi connectivity index (χ2v) is 7.64. The van der Waals surface area contributed by atoms with Gasteiger partial charge in [-0.15, -0.1) is 24.0 Å². The summed E-state index contributed by atoms with van der Waals surface area (Å²) in [5.74, 6) is 2.93. The molecule has 0 aromatic carbocycles. The van der Waals surface area contributed by atoms with Gasteiger partial charge in [0.15, 0.2) is 11.6 Å². The van der Waals surface area contributed by atoms with Crippen molar-refractivity contribution >= 4 is 46.8 Å². The van der Waals surface area contributed by atoms with Crippen molar-refractivity contribution in [2.45, 2.75) is 39.7 Å². The highest BCUT2D eigenvalue weighted by Gasteiger charge is 2.19. The number of nitrogens with zero attached hydrogens (tertiary/aromatic N) is 6. The molecule has 0 saturated carbocycles. The lowest BCUT2D eigenvalue weighted by Crippen LogP contribution is -2.39. The van der Waals surface area contributed by atoms with E-state index < -0.39 is 0 Å². The molecule has 3 heterocycles. The molecule has 3 rings (SSSR count). The smallest absolute Gasteiger partial charge is 0.216 e. The number of guanidine groups is 1. The van der Waals surface area contributed by atoms with E-state index in [1.54, 1.807) is 17.1 Å². The van der Waals surface area contributed by atoms with Crippen LogP contribution >= 0.6 is 24.0 Å². The van der Waals surface area contributed by atoms with Crippen LogP contribution in [0.15, 0.2) is 28.1 Å². The number of fused-ring (bicyclic) bond motifs is 1. The summed E-state index contributed by atoms with van der Waals surface area (Å²) in [6.07, 6.45) is 5.07. The van der Waals surface area contributed by atoms with Gasteiger partial charge in [0.2, 0.25) is 5.89 Å². The monoisotopic (exact) mass is 527 g/mol. The second kappa shape index (κ2) is 10.5. The SMILES string of the molecule is CCNC(=NCc1ncc(C(C)(C)C)o1)NCCNc1ncnc2c1cnn2C.I. The molecule has 0 aliphatic carbocycles. The van der Waals surface area contributed by atoms with Crippen LogP contribution in [0, 0.1) is 0 Å². The lowest BCUT2D eigenvalue weighted by Gasteiger charge is -2.13. The third-order valence-electron chi connectivity index (χ3n) is 4.25. The Morgan fingerprint density at radius 1 is 1.13 bits per heavy atom. The zero-order valence-corrected chi connectivity index (χ0v) is 20.4. The number of aromatic nitrogens is 5. The van der Waals surface area contributed by atoms with Crippen LogP contribution in [0.1, 0.15) is 39.3 Å². The molecule has 3 N–H and O–H groups in total. The van der Waals surface area contributed by atoms with Gasteiger partial charge < -0.3 is 20.4 Å². The molecule has 0 amide bonds. The van der Waals surface area contributed by atoms with Gasteiger partial charge >= 0.3 is 0 Å². The summed E-state index contributed by atoms with van der Waals surface area (Å²) in [4.78, 5) is 17.4. The molecule has 3 aromatic heterocycles. The molecule has 0 fully saturated rings. The predicted molar refractivity (Wildman–Crippen MR) is 128 cm³/mol. The predicted octanol–water partition coefficient (Wildman–Crippen LogP) is 2.43. The molecular weight excluding hydrogens is 497 g/mol. The number of hydrogen-bond acceptors (Lipinski definition) is 7. The van der Waals surface area contributed by atoms with Crippen molar-refractivity contribution in [3.8, 4) is 0 Å². The molecule has 0 aliphatic rings. The van der Waals surface area contributed by atoms with E-state index in [1.807, 2.05) is 14.0 Å². The molecule has 30 heavy (non-hydrogen) atoms. The van der Waals surface area contributed by atoms with E-state index in [2.05, 4.69) is 61.8 Å². The van der Waals surface area contributed by atoms with E-state index in [4.69, 9.17) is 4.42 Å². The number of nitrogens with one attached hydrogen (secondary N) is 3. The topological polar surface area (TPSA) is 118 Å². The Hall–Kier alpha value is -2.44. The number of anilines is 1. The van der Waals surface area contributed by atoms with Crippen molar-refractivity contribution in [2.24, 2.45) is 12.0 Å². The number of halogens is 1. The van der Waals surface area contributed by atoms with Crippen LogP contribution in [0.2, 0.25) is 0 Å². The quantitative estimate of drug-likeness (QED) is 0.186. The van der Waals surface area contributed by atoms with Gasteiger partial charge in [0, 0.05) is 32.1 Å². The first kappa shape index (κ1) is 23.8. The lowest BCUT2D eigenvalue weighted by atomic mass is 9.94. The van der Waals surface area contributed by atoms with E-state index in [9.17, 15) is 0 Å². The molecule has 3 aromatic rings. The molecule has 0 aliphatic heterocycles. The minimum Gasteiger partial charge on any atom is -0.443 e. The third-order valence-corrected chi connectivity index (χ3v) is 4.25. The maximum absolute atomic E-state index is 5.79. The molecule has 11 heteroatoms. The van der Waals surface area contributed by atoms with Gasteiger partial charge in [-0.3, -0.25) is 4.68 Å². The Morgan fingerprint density at radius 2 is 1.93 bits per heavy atom. The van der Waals surface area contributed by atoms with Gasteiger partial charge in [-0.1, -0.05) is 20.8 Å². The fourth-order valence-corrected chi connectivity index (χ4v) is 2.68. The Balaban J connectivity index is 0.00000320. The maximum Gasteiger partial charge on any atom is 0.216 e. The van der Waals surface area contributed by atoms with Gasteiger partial charge in [0.1, 0.15) is 24.5 Å². The van der Waals surface area contributed by atoms with E-state index >= 15 is 0 Å². The fraction of sp³-hybridized carbons (Fsp3) is 0.526. The Labute approximate surface area is 193 Å². The fourth-order valence-electron chi connectivity index (χ4n) is 2.68. The van der Waals surface area contributed by atoms with E-state index in [1.165, 1.54) is 6.33 Å². The van der Waals surface area contributed by atoms with Crippen LogP contribution in [0.5, 0.6) is 0 Å². The summed E-state index contributed by atoms with van der Waals surface area (Å²) < 4.78 is 7.52. The minimum absolute atomic E-state index is 0. The number of aryl methyl sites for hydroxylation is 1. The average molecular weight is 527 g/mol. The van der Waals surface area contributed by atoms with Gasteiger partial charge in [0.05, 0.1) is 17.8 Å². The van der Waals surface area contributed by atoms with Gasteiger partial charge in [-0.25, -0.2) is 19.9 Å². The molecule has 0 spiro atoms. The minimum atomic E-state index is -0.0654. The first-order valence-electron chi connectivity index (χ1n) is 9.72. The molecular formula is C19H30IN9O. The summed E-state index contributed by atoms with van der Waals surface area (Å²) in [7, 11) is 1.86. The summed E-state index contributed by atoms with van der Waals surface area (Å²) in [6.45, 7) is 10.8. The van der Waals surface area contributed by atoms with Crippen molar-refractivity contribution in [1.82, 2.24) is 35.4 Å². The zero-order valence-electron chi connectivity index (χ0n) is 18.1. The van der Waals surface area contributed by atoms with Crippen molar-refractivity contribution in [1.29, 1.82) is 0 Å². The largest absolute Gasteiger partial charge is 0.443 e. The Bertz CT molecular complexity index is 974. The summed E-state index contributed by atoms with van der Waals surface area (Å²) in [6, 6.07) is 0. The Kier molecular flexibility index (Phi) is 8.38. The molecule has 0 saturated heterocycles. The third kappa shape index (κ3) is 6.03. The molecule has 10 nitrogen and oxygen atoms in total. The van der Waals surface area contributed by atoms with Crippen molar-refractivity contribution in [3.05, 3.63) is 30.4 Å². The highest BCUT2D eigenvalue weighted by atomic mass is 127. The zero-order chi connectivity index (χ0) is 20.9. The van der Waals surface area contributed by atoms with E-state index in [0.29, 0.717) is 31.5 Å². The van der Waals surface area contributed by atoms with Crippen molar-refractivity contribution in [2.75, 3.05) is 25.0 Å². The van der Waals surface area contributed by atoms with Crippen LogP contribution in [-0.4, -0.2) is 50.3 Å². The van der Waals surface area contributed by atoms with Crippen LogP contribution in [0.4, 0.5) is 5.82 Å². The van der Waals surface area contributed by atoms with Crippen molar-refractivity contribution < 1.29 is 4.42 Å². The summed E-state index contributed by atoms with van der Waals surface area (Å²) >= 11 is 0. The second-order valence-electron chi connectivity index (χ2n) is 7.64. The first-order valence-corrected chi connectivity index (χ1v) is 9.72. The standard InChI is InChI=1S/C19H29N9O.HI/c1-6-20-18(24-11-15-23-10-14(29-15)19(2,3)4)22-8-7-21-16-13-9-27-28(5)17(13)26-12-25-16;/h9-10,12H,6-8,11H2,1-5H3,(H2,20,22,24)(H,21,25,26);1H. The molecule has 0 unspecified atom stereocenters. The number of oxazole rings is 1. The van der Waals surface area contributed by atoms with Gasteiger partial charge in [0.25, 0.3) is 0 Å². The number of hydrogen-bond donors (Lipinski definition) is 3. The van der Waals surface area contributed by atoms with Crippen LogP contribution < -0.4 is 16.0 Å². The molecule has 0 radical (unpaired) electrons. The first-order chi connectivity index (χ1) is 13.9. The van der Waals surface area contributed by atoms with Crippen LogP contribution in [0.25, 0.3) is 11.0 Å². The van der Waals surface area contributed by atoms with Crippen molar-refractivity contribution in [3.63, 3.8) is 0 Å². The Morgan fingerprint density at radius 3 is 2.63 bits per heavy atom. The van der Waals surface area contributed by atoms with Crippen LogP contribution in [-0.2, 0) is 19.0 Å². The summed E-state index contributed by atoms with van der Waals surface area (Å²) in [5, 5.41) is 14.9. The highest BCUT2D eigenvalue weighted by Crippen LogP contribution is 2.22. The van der Waals surface area contributed by atoms with E-state index in [-0.39, 0.29) is 29.4 Å². The molecule has 0 atom stereocenters. The average Bonchev–Trinajstić information content (AvgIpc) is 3.31. The molecule has 0 bridgehead atoms. The highest BCUT2D eigenvalue weighted by molar-refractivity contribution is 14.0. The number of aliphatic imine (C=N–C) groups is 1.